The second-order valence-electron chi connectivity index (χ2n) is 5.31. The van der Waals surface area contributed by atoms with Gasteiger partial charge in [0.05, 0.1) is 5.56 Å². The summed E-state index contributed by atoms with van der Waals surface area (Å²) >= 11 is 0. The second-order valence-corrected chi connectivity index (χ2v) is 5.31. The Kier molecular flexibility index (Phi) is 6.56. The first-order valence-corrected chi connectivity index (χ1v) is 6.98. The molecule has 0 unspecified atom stereocenters. The van der Waals surface area contributed by atoms with Crippen LogP contribution in [0.2, 0.25) is 0 Å². The Bertz CT molecular complexity index is 559. The lowest BCUT2D eigenvalue weighted by molar-refractivity contribution is -0.137. The van der Waals surface area contributed by atoms with Crippen LogP contribution in [0.3, 0.4) is 0 Å². The summed E-state index contributed by atoms with van der Waals surface area (Å²) in [6.07, 6.45) is -4.51. The maximum atomic E-state index is 12.7. The van der Waals surface area contributed by atoms with Crippen molar-refractivity contribution in [2.24, 2.45) is 0 Å². The van der Waals surface area contributed by atoms with Crippen LogP contribution in [0.1, 0.15) is 12.5 Å². The summed E-state index contributed by atoms with van der Waals surface area (Å²) in [5, 5.41) is 2.62. The molecule has 0 radical (unpaired) electrons. The smallest absolute Gasteiger partial charge is 0.353 e. The Morgan fingerprint density at radius 1 is 1.22 bits per heavy atom. The molecule has 1 aromatic rings. The van der Waals surface area contributed by atoms with Gasteiger partial charge in [0.15, 0.2) is 0 Å². The number of halogens is 3. The minimum Gasteiger partial charge on any atom is -0.353 e. The van der Waals surface area contributed by atoms with Gasteiger partial charge < -0.3 is 15.1 Å². The van der Waals surface area contributed by atoms with Crippen LogP contribution in [0.5, 0.6) is 0 Å². The lowest BCUT2D eigenvalue weighted by Crippen LogP contribution is -2.41. The number of benzene rings is 1. The zero-order valence-electron chi connectivity index (χ0n) is 13.3. The monoisotopic (exact) mass is 331 g/mol. The van der Waals surface area contributed by atoms with Crippen molar-refractivity contribution < 1.29 is 22.8 Å². The van der Waals surface area contributed by atoms with E-state index in [0.29, 0.717) is 13.1 Å². The van der Waals surface area contributed by atoms with Crippen LogP contribution in [0.4, 0.5) is 18.9 Å². The van der Waals surface area contributed by atoms with Gasteiger partial charge in [-0.2, -0.15) is 13.2 Å². The molecule has 23 heavy (non-hydrogen) atoms. The van der Waals surface area contributed by atoms with Gasteiger partial charge in [-0.05, 0) is 32.3 Å². The largest absolute Gasteiger partial charge is 0.416 e. The fourth-order valence-electron chi connectivity index (χ4n) is 1.85. The number of alkyl halides is 3. The minimum atomic E-state index is -4.51. The zero-order chi connectivity index (χ0) is 17.6. The number of nitrogens with zero attached hydrogens (tertiary/aromatic N) is 2. The van der Waals surface area contributed by atoms with Gasteiger partial charge in [-0.3, -0.25) is 9.59 Å². The van der Waals surface area contributed by atoms with E-state index in [1.165, 1.54) is 19.1 Å². The van der Waals surface area contributed by atoms with E-state index in [1.54, 1.807) is 0 Å². The molecule has 0 spiro atoms. The fraction of sp³-hybridized carbons (Fsp3) is 0.467. The number of likely N-dealkylation sites (N-methyl/N-ethyl adjacent to an activating group) is 1. The van der Waals surface area contributed by atoms with E-state index in [4.69, 9.17) is 0 Å². The van der Waals surface area contributed by atoms with Gasteiger partial charge in [-0.1, -0.05) is 6.07 Å². The number of carbonyl (C=O) groups excluding carboxylic acids is 2. The first-order valence-electron chi connectivity index (χ1n) is 6.98. The van der Waals surface area contributed by atoms with Gasteiger partial charge in [0.1, 0.15) is 6.54 Å². The van der Waals surface area contributed by atoms with Crippen molar-refractivity contribution in [1.82, 2.24) is 10.2 Å². The molecule has 0 heterocycles. The number of amides is 2. The Hall–Kier alpha value is -2.09. The van der Waals surface area contributed by atoms with Crippen LogP contribution in [0.25, 0.3) is 0 Å². The van der Waals surface area contributed by atoms with Crippen LogP contribution in [0.15, 0.2) is 24.3 Å². The molecule has 0 aliphatic heterocycles. The number of rotatable bonds is 6. The average Bonchev–Trinajstić information content (AvgIpc) is 2.43. The predicted molar refractivity (Wildman–Crippen MR) is 81.0 cm³/mol. The van der Waals surface area contributed by atoms with E-state index >= 15 is 0 Å². The predicted octanol–water partition coefficient (Wildman–Crippen LogP) is 1.74. The van der Waals surface area contributed by atoms with E-state index in [-0.39, 0.29) is 12.2 Å². The minimum absolute atomic E-state index is 0.0371. The molecule has 2 amide bonds. The molecule has 0 aromatic heterocycles. The molecular weight excluding hydrogens is 311 g/mol. The van der Waals surface area contributed by atoms with Crippen LogP contribution in [-0.4, -0.2) is 50.4 Å². The van der Waals surface area contributed by atoms with Crippen molar-refractivity contribution in [2.75, 3.05) is 38.6 Å². The molecule has 0 aliphatic carbocycles. The maximum Gasteiger partial charge on any atom is 0.416 e. The zero-order valence-corrected chi connectivity index (χ0v) is 13.3. The van der Waals surface area contributed by atoms with Crippen LogP contribution in [-0.2, 0) is 15.8 Å². The fourth-order valence-corrected chi connectivity index (χ4v) is 1.85. The normalized spacial score (nSPS) is 11.4. The Labute approximate surface area is 133 Å². The van der Waals surface area contributed by atoms with Gasteiger partial charge in [-0.15, -0.1) is 0 Å². The van der Waals surface area contributed by atoms with E-state index in [0.717, 1.165) is 17.0 Å². The van der Waals surface area contributed by atoms with Crippen molar-refractivity contribution in [1.29, 1.82) is 0 Å². The summed E-state index contributed by atoms with van der Waals surface area (Å²) in [6, 6.07) is 4.34. The van der Waals surface area contributed by atoms with Crippen molar-refractivity contribution in [3.8, 4) is 0 Å². The molecule has 5 nitrogen and oxygen atoms in total. The quantitative estimate of drug-likeness (QED) is 0.864. The SMILES string of the molecule is CC(=O)N(CC(=O)NCCN(C)C)c1cccc(C(F)(F)F)c1. The van der Waals surface area contributed by atoms with Crippen molar-refractivity contribution >= 4 is 17.5 Å². The highest BCUT2D eigenvalue weighted by Crippen LogP contribution is 2.31. The molecule has 0 aliphatic rings. The van der Waals surface area contributed by atoms with Crippen LogP contribution < -0.4 is 10.2 Å². The van der Waals surface area contributed by atoms with Gasteiger partial charge >= 0.3 is 6.18 Å². The molecule has 1 rings (SSSR count). The molecule has 8 heteroatoms. The highest BCUT2D eigenvalue weighted by molar-refractivity contribution is 5.97. The number of hydrogen-bond donors (Lipinski definition) is 1. The summed E-state index contributed by atoms with van der Waals surface area (Å²) in [7, 11) is 3.69. The van der Waals surface area contributed by atoms with Gasteiger partial charge in [-0.25, -0.2) is 0 Å². The van der Waals surface area contributed by atoms with E-state index in [2.05, 4.69) is 5.32 Å². The molecule has 0 bridgehead atoms. The number of hydrogen-bond acceptors (Lipinski definition) is 3. The molecular formula is C15H20F3N3O2. The van der Waals surface area contributed by atoms with Crippen LogP contribution in [0, 0.1) is 0 Å². The van der Waals surface area contributed by atoms with Crippen LogP contribution >= 0.6 is 0 Å². The van der Waals surface area contributed by atoms with Crippen molar-refractivity contribution in [2.45, 2.75) is 13.1 Å². The number of carbonyl (C=O) groups is 2. The van der Waals surface area contributed by atoms with Gasteiger partial charge in [0, 0.05) is 25.7 Å². The summed E-state index contributed by atoms with van der Waals surface area (Å²) in [5.74, 6) is -0.938. The molecule has 128 valence electrons. The second kappa shape index (κ2) is 7.96. The van der Waals surface area contributed by atoms with E-state index in [1.807, 2.05) is 19.0 Å². The molecule has 0 fully saturated rings. The molecule has 1 aromatic carbocycles. The highest BCUT2D eigenvalue weighted by atomic mass is 19.4. The third-order valence-electron chi connectivity index (χ3n) is 3.05. The van der Waals surface area contributed by atoms with Crippen molar-refractivity contribution in [3.63, 3.8) is 0 Å². The topological polar surface area (TPSA) is 52.7 Å². The summed E-state index contributed by atoms with van der Waals surface area (Å²) in [5.41, 5.74) is -0.829. The van der Waals surface area contributed by atoms with E-state index < -0.39 is 23.6 Å². The third kappa shape index (κ3) is 6.27. The average molecular weight is 331 g/mol. The van der Waals surface area contributed by atoms with Crippen molar-refractivity contribution in [3.05, 3.63) is 29.8 Å². The number of nitrogens with one attached hydrogen (secondary N) is 1. The lowest BCUT2D eigenvalue weighted by atomic mass is 10.1. The maximum absolute atomic E-state index is 12.7. The summed E-state index contributed by atoms with van der Waals surface area (Å²) in [6.45, 7) is 1.88. The molecule has 0 saturated heterocycles. The number of anilines is 1. The van der Waals surface area contributed by atoms with Gasteiger partial charge in [0.2, 0.25) is 11.8 Å². The lowest BCUT2D eigenvalue weighted by Gasteiger charge is -2.22. The first-order chi connectivity index (χ1) is 10.6. The summed E-state index contributed by atoms with van der Waals surface area (Å²) in [4.78, 5) is 26.4. The highest BCUT2D eigenvalue weighted by Gasteiger charge is 2.31. The molecule has 0 saturated carbocycles. The molecule has 0 atom stereocenters. The van der Waals surface area contributed by atoms with Gasteiger partial charge in [0.25, 0.3) is 0 Å². The first kappa shape index (κ1) is 19.0. The standard InChI is InChI=1S/C15H20F3N3O2/c1-11(22)21(10-14(23)19-7-8-20(2)3)13-6-4-5-12(9-13)15(16,17)18/h4-6,9H,7-8,10H2,1-3H3,(H,19,23). The molecule has 1 N–H and O–H groups in total. The Morgan fingerprint density at radius 3 is 2.39 bits per heavy atom. The summed E-state index contributed by atoms with van der Waals surface area (Å²) < 4.78 is 38.2. The Morgan fingerprint density at radius 2 is 1.87 bits per heavy atom. The Balaban J connectivity index is 2.83. The third-order valence-corrected chi connectivity index (χ3v) is 3.05. The van der Waals surface area contributed by atoms with E-state index in [9.17, 15) is 22.8 Å².